The molecule has 1 aliphatic rings. The predicted molar refractivity (Wildman–Crippen MR) is 86.3 cm³/mol. The lowest BCUT2D eigenvalue weighted by Crippen LogP contribution is -2.23. The molecule has 0 atom stereocenters. The highest BCUT2D eigenvalue weighted by Gasteiger charge is 2.52. The Kier molecular flexibility index (Phi) is 3.57. The maximum atomic E-state index is 12.6. The third kappa shape index (κ3) is 2.56. The number of hydrogen-bond donors (Lipinski definition) is 0. The van der Waals surface area contributed by atoms with Gasteiger partial charge in [0, 0.05) is 0 Å². The van der Waals surface area contributed by atoms with Gasteiger partial charge in [0.15, 0.2) is 12.4 Å². The number of aromatic nitrogens is 4. The fourth-order valence-electron chi connectivity index (χ4n) is 2.83. The van der Waals surface area contributed by atoms with Crippen LogP contribution in [0.25, 0.3) is 5.69 Å². The van der Waals surface area contributed by atoms with Crippen LogP contribution in [0.2, 0.25) is 0 Å². The predicted octanol–water partition coefficient (Wildman–Crippen LogP) is 2.44. The summed E-state index contributed by atoms with van der Waals surface area (Å²) in [5, 5.41) is 11.6. The van der Waals surface area contributed by atoms with Crippen molar-refractivity contribution in [1.29, 1.82) is 0 Å². The van der Waals surface area contributed by atoms with Crippen molar-refractivity contribution >= 4 is 5.97 Å². The van der Waals surface area contributed by atoms with Crippen molar-refractivity contribution in [3.05, 3.63) is 72.1 Å². The lowest BCUT2D eigenvalue weighted by Gasteiger charge is -2.14. The first-order valence-electron chi connectivity index (χ1n) is 7.85. The molecule has 0 bridgehead atoms. The van der Waals surface area contributed by atoms with Crippen LogP contribution < -0.4 is 0 Å². The van der Waals surface area contributed by atoms with Crippen molar-refractivity contribution in [3.8, 4) is 5.69 Å². The lowest BCUT2D eigenvalue weighted by molar-refractivity contribution is -0.148. The van der Waals surface area contributed by atoms with Crippen LogP contribution in [0.5, 0.6) is 0 Å². The van der Waals surface area contributed by atoms with E-state index in [1.807, 2.05) is 60.7 Å². The number of nitrogens with zero attached hydrogens (tertiary/aromatic N) is 4. The van der Waals surface area contributed by atoms with E-state index in [1.54, 1.807) is 4.68 Å². The largest absolute Gasteiger partial charge is 0.457 e. The monoisotopic (exact) mass is 320 g/mol. The SMILES string of the molecule is O=C(OCc1nnnn1-c1ccccc1)C1(c2ccccc2)CC1. The molecular formula is C18H16N4O2. The number of para-hydroxylation sites is 1. The minimum absolute atomic E-state index is 0.0509. The normalized spacial score (nSPS) is 15.0. The number of hydrogen-bond acceptors (Lipinski definition) is 5. The number of tetrazole rings is 1. The van der Waals surface area contributed by atoms with Gasteiger partial charge in [-0.05, 0) is 41.0 Å². The highest BCUT2D eigenvalue weighted by atomic mass is 16.5. The van der Waals surface area contributed by atoms with E-state index >= 15 is 0 Å². The van der Waals surface area contributed by atoms with Gasteiger partial charge in [0.1, 0.15) is 0 Å². The Morgan fingerprint density at radius 1 is 1.04 bits per heavy atom. The number of carbonyl (C=O) groups excluding carboxylic acids is 1. The molecule has 6 heteroatoms. The Bertz CT molecular complexity index is 842. The third-order valence-corrected chi connectivity index (χ3v) is 4.33. The molecule has 4 rings (SSSR count). The number of carbonyl (C=O) groups is 1. The van der Waals surface area contributed by atoms with Crippen molar-refractivity contribution in [2.24, 2.45) is 0 Å². The highest BCUT2D eigenvalue weighted by molar-refractivity contribution is 5.86. The van der Waals surface area contributed by atoms with Gasteiger partial charge in [0.2, 0.25) is 0 Å². The number of esters is 1. The maximum Gasteiger partial charge on any atom is 0.317 e. The smallest absolute Gasteiger partial charge is 0.317 e. The third-order valence-electron chi connectivity index (χ3n) is 4.33. The average Bonchev–Trinajstić information content (AvgIpc) is 3.33. The van der Waals surface area contributed by atoms with Crippen LogP contribution in [-0.4, -0.2) is 26.2 Å². The molecule has 0 unspecified atom stereocenters. The Balaban J connectivity index is 1.49. The van der Waals surface area contributed by atoms with E-state index in [1.165, 1.54) is 0 Å². The van der Waals surface area contributed by atoms with Gasteiger partial charge in [-0.15, -0.1) is 5.10 Å². The Morgan fingerprint density at radius 2 is 1.71 bits per heavy atom. The van der Waals surface area contributed by atoms with Gasteiger partial charge in [-0.1, -0.05) is 48.5 Å². The Hall–Kier alpha value is -3.02. The topological polar surface area (TPSA) is 69.9 Å². The molecule has 6 nitrogen and oxygen atoms in total. The van der Waals surface area contributed by atoms with E-state index in [-0.39, 0.29) is 12.6 Å². The fraction of sp³-hybridized carbons (Fsp3) is 0.222. The zero-order valence-electron chi connectivity index (χ0n) is 13.0. The second-order valence-corrected chi connectivity index (χ2v) is 5.87. The molecule has 2 aromatic carbocycles. The lowest BCUT2D eigenvalue weighted by atomic mass is 9.96. The molecule has 3 aromatic rings. The molecule has 120 valence electrons. The van der Waals surface area contributed by atoms with Crippen LogP contribution in [0.15, 0.2) is 60.7 Å². The summed E-state index contributed by atoms with van der Waals surface area (Å²) in [6.45, 7) is 0.0509. The molecule has 0 radical (unpaired) electrons. The molecule has 24 heavy (non-hydrogen) atoms. The van der Waals surface area contributed by atoms with Crippen molar-refractivity contribution in [3.63, 3.8) is 0 Å². The van der Waals surface area contributed by atoms with E-state index in [0.717, 1.165) is 24.1 Å². The van der Waals surface area contributed by atoms with E-state index in [4.69, 9.17) is 4.74 Å². The summed E-state index contributed by atoms with van der Waals surface area (Å²) in [4.78, 5) is 12.6. The zero-order chi connectivity index (χ0) is 16.4. The molecule has 1 saturated carbocycles. The van der Waals surface area contributed by atoms with E-state index in [9.17, 15) is 4.79 Å². The van der Waals surface area contributed by atoms with E-state index in [0.29, 0.717) is 5.82 Å². The minimum atomic E-state index is -0.494. The summed E-state index contributed by atoms with van der Waals surface area (Å²) in [6, 6.07) is 19.3. The van der Waals surface area contributed by atoms with Crippen LogP contribution in [0.3, 0.4) is 0 Å². The minimum Gasteiger partial charge on any atom is -0.457 e. The molecule has 0 amide bonds. The van der Waals surface area contributed by atoms with Crippen molar-refractivity contribution < 1.29 is 9.53 Å². The average molecular weight is 320 g/mol. The first kappa shape index (κ1) is 14.6. The summed E-state index contributed by atoms with van der Waals surface area (Å²) in [7, 11) is 0. The molecule has 0 saturated heterocycles. The van der Waals surface area contributed by atoms with Crippen molar-refractivity contribution in [2.45, 2.75) is 24.9 Å². The van der Waals surface area contributed by atoms with Gasteiger partial charge in [0.25, 0.3) is 0 Å². The van der Waals surface area contributed by atoms with Crippen molar-refractivity contribution in [1.82, 2.24) is 20.2 Å². The second kappa shape index (κ2) is 5.88. The Labute approximate surface area is 139 Å². The highest BCUT2D eigenvalue weighted by Crippen LogP contribution is 2.49. The standard InChI is InChI=1S/C18H16N4O2/c23-17(18(11-12-18)14-7-3-1-4-8-14)24-13-16-19-20-21-22(16)15-9-5-2-6-10-15/h1-10H,11-13H2. The van der Waals surface area contributed by atoms with Gasteiger partial charge in [-0.3, -0.25) is 4.79 Å². The van der Waals surface area contributed by atoms with Crippen LogP contribution in [0.1, 0.15) is 24.2 Å². The Morgan fingerprint density at radius 3 is 2.38 bits per heavy atom. The number of ether oxygens (including phenoxy) is 1. The quantitative estimate of drug-likeness (QED) is 0.675. The molecule has 1 heterocycles. The van der Waals surface area contributed by atoms with Gasteiger partial charge < -0.3 is 4.74 Å². The molecule has 0 spiro atoms. The van der Waals surface area contributed by atoms with Gasteiger partial charge in [0.05, 0.1) is 11.1 Å². The summed E-state index contributed by atoms with van der Waals surface area (Å²) in [6.07, 6.45) is 1.64. The van der Waals surface area contributed by atoms with Gasteiger partial charge >= 0.3 is 5.97 Å². The molecular weight excluding hydrogens is 304 g/mol. The summed E-state index contributed by atoms with van der Waals surface area (Å²) >= 11 is 0. The first-order valence-corrected chi connectivity index (χ1v) is 7.85. The fourth-order valence-corrected chi connectivity index (χ4v) is 2.83. The molecule has 1 aliphatic carbocycles. The van der Waals surface area contributed by atoms with Gasteiger partial charge in [-0.2, -0.15) is 4.68 Å². The maximum absolute atomic E-state index is 12.6. The molecule has 1 fully saturated rings. The number of rotatable bonds is 5. The van der Waals surface area contributed by atoms with Crippen LogP contribution >= 0.6 is 0 Å². The summed E-state index contributed by atoms with van der Waals surface area (Å²) < 4.78 is 7.11. The zero-order valence-corrected chi connectivity index (χ0v) is 13.0. The van der Waals surface area contributed by atoms with Crippen LogP contribution in [-0.2, 0) is 21.6 Å². The van der Waals surface area contributed by atoms with Crippen molar-refractivity contribution in [2.75, 3.05) is 0 Å². The second-order valence-electron chi connectivity index (χ2n) is 5.87. The molecule has 1 aromatic heterocycles. The van der Waals surface area contributed by atoms with E-state index < -0.39 is 5.41 Å². The first-order chi connectivity index (χ1) is 11.8. The van der Waals surface area contributed by atoms with Crippen LogP contribution in [0, 0.1) is 0 Å². The van der Waals surface area contributed by atoms with Gasteiger partial charge in [-0.25, -0.2) is 0 Å². The molecule has 0 aliphatic heterocycles. The summed E-state index contributed by atoms with van der Waals surface area (Å²) in [5.74, 6) is 0.287. The number of benzene rings is 2. The molecule has 0 N–H and O–H groups in total. The van der Waals surface area contributed by atoms with Crippen LogP contribution in [0.4, 0.5) is 0 Å². The van der Waals surface area contributed by atoms with E-state index in [2.05, 4.69) is 15.5 Å². The summed E-state index contributed by atoms with van der Waals surface area (Å²) in [5.41, 5.74) is 1.35.